The van der Waals surface area contributed by atoms with Crippen molar-refractivity contribution in [2.75, 3.05) is 11.9 Å². The monoisotopic (exact) mass is 476 g/mol. The minimum absolute atomic E-state index is 0.196. The van der Waals surface area contributed by atoms with Gasteiger partial charge in [0.15, 0.2) is 0 Å². The fraction of sp³-hybridized carbons (Fsp3) is 0.381. The van der Waals surface area contributed by atoms with Gasteiger partial charge in [-0.3, -0.25) is 4.79 Å². The number of sulfonamides is 1. The molecule has 0 radical (unpaired) electrons. The third-order valence-corrected chi connectivity index (χ3v) is 7.17. The van der Waals surface area contributed by atoms with Crippen molar-refractivity contribution in [2.45, 2.75) is 49.2 Å². The van der Waals surface area contributed by atoms with Gasteiger partial charge < -0.3 is 5.32 Å². The zero-order chi connectivity index (χ0) is 23.5. The number of alkyl halides is 3. The highest BCUT2D eigenvalue weighted by molar-refractivity contribution is 7.89. The van der Waals surface area contributed by atoms with E-state index in [0.717, 1.165) is 53.9 Å². The fourth-order valence-corrected chi connectivity index (χ4v) is 5.32. The molecule has 1 aliphatic rings. The smallest absolute Gasteiger partial charge is 0.325 e. The number of hydrogen-bond donors (Lipinski definition) is 1. The average Bonchev–Trinajstić information content (AvgIpc) is 2.73. The molecule has 0 unspecified atom stereocenters. The zero-order valence-corrected chi connectivity index (χ0v) is 17.6. The summed E-state index contributed by atoms with van der Waals surface area (Å²) in [7, 11) is -4.18. The van der Waals surface area contributed by atoms with E-state index < -0.39 is 51.9 Å². The first-order valence-corrected chi connectivity index (χ1v) is 11.4. The van der Waals surface area contributed by atoms with E-state index in [9.17, 15) is 35.2 Å². The first kappa shape index (κ1) is 24.1. The number of benzene rings is 2. The summed E-state index contributed by atoms with van der Waals surface area (Å²) in [5.74, 6) is -2.98. The molecule has 1 amide bonds. The second kappa shape index (κ2) is 9.53. The van der Waals surface area contributed by atoms with Crippen LogP contribution in [0.1, 0.15) is 37.7 Å². The Balaban J connectivity index is 1.85. The van der Waals surface area contributed by atoms with Crippen LogP contribution in [0, 0.1) is 11.6 Å². The summed E-state index contributed by atoms with van der Waals surface area (Å²) in [6.45, 7) is -0.650. The highest BCUT2D eigenvalue weighted by Gasteiger charge is 2.36. The van der Waals surface area contributed by atoms with Crippen LogP contribution in [0.4, 0.5) is 27.6 Å². The zero-order valence-electron chi connectivity index (χ0n) is 16.8. The molecule has 1 N–H and O–H groups in total. The maximum atomic E-state index is 13.5. The molecule has 1 fully saturated rings. The number of amides is 1. The molecule has 0 bridgehead atoms. The molecule has 0 heterocycles. The third-order valence-electron chi connectivity index (χ3n) is 5.26. The van der Waals surface area contributed by atoms with E-state index in [0.29, 0.717) is 25.0 Å². The predicted octanol–water partition coefficient (Wildman–Crippen LogP) is 4.95. The molecule has 0 atom stereocenters. The molecule has 174 valence electrons. The molecule has 0 aliphatic heterocycles. The first-order valence-electron chi connectivity index (χ1n) is 9.92. The molecule has 1 saturated carbocycles. The Morgan fingerprint density at radius 1 is 1.00 bits per heavy atom. The van der Waals surface area contributed by atoms with Crippen molar-refractivity contribution in [3.63, 3.8) is 0 Å². The molecule has 3 rings (SSSR count). The van der Waals surface area contributed by atoms with E-state index in [-0.39, 0.29) is 10.6 Å². The normalized spacial score (nSPS) is 15.7. The molecule has 0 spiro atoms. The van der Waals surface area contributed by atoms with E-state index in [1.54, 1.807) is 0 Å². The highest BCUT2D eigenvalue weighted by atomic mass is 32.2. The Hall–Kier alpha value is -2.53. The number of carbonyl (C=O) groups excluding carboxylic acids is 1. The Kier molecular flexibility index (Phi) is 7.19. The van der Waals surface area contributed by atoms with E-state index >= 15 is 0 Å². The van der Waals surface area contributed by atoms with Crippen LogP contribution in [0.3, 0.4) is 0 Å². The van der Waals surface area contributed by atoms with Gasteiger partial charge in [0.1, 0.15) is 11.6 Å². The average molecular weight is 476 g/mol. The number of rotatable bonds is 6. The van der Waals surface area contributed by atoms with Gasteiger partial charge in [-0.25, -0.2) is 17.2 Å². The van der Waals surface area contributed by atoms with Crippen LogP contribution in [-0.2, 0) is 21.0 Å². The van der Waals surface area contributed by atoms with Gasteiger partial charge in [0, 0.05) is 11.7 Å². The van der Waals surface area contributed by atoms with Gasteiger partial charge >= 0.3 is 6.18 Å². The molecule has 1 aliphatic carbocycles. The molecule has 2 aromatic rings. The lowest BCUT2D eigenvalue weighted by molar-refractivity contribution is -0.140. The van der Waals surface area contributed by atoms with E-state index in [1.807, 2.05) is 0 Å². The number of halogens is 5. The summed E-state index contributed by atoms with van der Waals surface area (Å²) in [5.41, 5.74) is -1.86. The summed E-state index contributed by atoms with van der Waals surface area (Å²) < 4.78 is 92.9. The van der Waals surface area contributed by atoms with Gasteiger partial charge in [-0.15, -0.1) is 0 Å². The van der Waals surface area contributed by atoms with Crippen molar-refractivity contribution in [1.29, 1.82) is 0 Å². The van der Waals surface area contributed by atoms with Crippen molar-refractivity contribution in [2.24, 2.45) is 0 Å². The van der Waals surface area contributed by atoms with Crippen molar-refractivity contribution in [3.8, 4) is 0 Å². The largest absolute Gasteiger partial charge is 0.419 e. The van der Waals surface area contributed by atoms with Crippen molar-refractivity contribution in [3.05, 3.63) is 59.7 Å². The molecule has 0 saturated heterocycles. The number of nitrogens with one attached hydrogen (secondary N) is 1. The van der Waals surface area contributed by atoms with Crippen molar-refractivity contribution >= 4 is 21.6 Å². The van der Waals surface area contributed by atoms with Gasteiger partial charge in [-0.1, -0.05) is 19.3 Å². The lowest BCUT2D eigenvalue weighted by atomic mass is 9.95. The van der Waals surface area contributed by atoms with Gasteiger partial charge in [0.2, 0.25) is 15.9 Å². The van der Waals surface area contributed by atoms with Crippen LogP contribution < -0.4 is 5.32 Å². The summed E-state index contributed by atoms with van der Waals surface area (Å²) in [6.07, 6.45) is -1.48. The topological polar surface area (TPSA) is 66.5 Å². The molecular weight excluding hydrogens is 455 g/mol. The first-order chi connectivity index (χ1) is 15.0. The minimum Gasteiger partial charge on any atom is -0.325 e. The Bertz CT molecular complexity index is 1070. The number of nitrogens with zero attached hydrogens (tertiary/aromatic N) is 1. The van der Waals surface area contributed by atoms with Crippen LogP contribution >= 0.6 is 0 Å². The third kappa shape index (κ3) is 5.63. The molecule has 2 aromatic carbocycles. The fourth-order valence-electron chi connectivity index (χ4n) is 3.68. The van der Waals surface area contributed by atoms with Crippen LogP contribution in [0.2, 0.25) is 0 Å². The number of anilines is 1. The number of carbonyl (C=O) groups is 1. The maximum Gasteiger partial charge on any atom is 0.419 e. The van der Waals surface area contributed by atoms with Crippen molar-refractivity contribution in [1.82, 2.24) is 4.31 Å². The molecular formula is C21H21F5N2O3S. The van der Waals surface area contributed by atoms with Gasteiger partial charge in [0.25, 0.3) is 0 Å². The summed E-state index contributed by atoms with van der Waals surface area (Å²) in [6, 6.07) is 5.67. The summed E-state index contributed by atoms with van der Waals surface area (Å²) in [4.78, 5) is 12.4. The van der Waals surface area contributed by atoms with Gasteiger partial charge in [-0.05, 0) is 55.3 Å². The predicted molar refractivity (Wildman–Crippen MR) is 107 cm³/mol. The minimum atomic E-state index is -4.95. The van der Waals surface area contributed by atoms with E-state index in [4.69, 9.17) is 0 Å². The standard InChI is InChI=1S/C21H21F5N2O3S/c22-14-6-9-17(10-7-14)32(30,31)28(16-4-2-1-3-5-16)13-20(29)27-15-8-11-19(23)18(12-15)21(24,25)26/h6-12,16H,1-5,13H2,(H,27,29). The van der Waals surface area contributed by atoms with Gasteiger partial charge in [0.05, 0.1) is 17.0 Å². The van der Waals surface area contributed by atoms with E-state index in [2.05, 4.69) is 5.32 Å². The Morgan fingerprint density at radius 3 is 2.22 bits per heavy atom. The lowest BCUT2D eigenvalue weighted by Gasteiger charge is -2.33. The van der Waals surface area contributed by atoms with Crippen molar-refractivity contribution < 1.29 is 35.2 Å². The summed E-state index contributed by atoms with van der Waals surface area (Å²) in [5, 5.41) is 2.21. The molecule has 11 heteroatoms. The van der Waals surface area contributed by atoms with Gasteiger partial charge in [-0.2, -0.15) is 17.5 Å². The molecule has 32 heavy (non-hydrogen) atoms. The molecule has 5 nitrogen and oxygen atoms in total. The number of hydrogen-bond acceptors (Lipinski definition) is 3. The quantitative estimate of drug-likeness (QED) is 0.601. The lowest BCUT2D eigenvalue weighted by Crippen LogP contribution is -2.45. The second-order valence-electron chi connectivity index (χ2n) is 7.54. The van der Waals surface area contributed by atoms with Crippen LogP contribution in [-0.4, -0.2) is 31.2 Å². The SMILES string of the molecule is O=C(CN(C1CCCCC1)S(=O)(=O)c1ccc(F)cc1)Nc1ccc(F)c(C(F)(F)F)c1. The second-order valence-corrected chi connectivity index (χ2v) is 9.43. The summed E-state index contributed by atoms with van der Waals surface area (Å²) >= 11 is 0. The Morgan fingerprint density at radius 2 is 1.62 bits per heavy atom. The highest BCUT2D eigenvalue weighted by Crippen LogP contribution is 2.33. The van der Waals surface area contributed by atoms with E-state index in [1.165, 1.54) is 0 Å². The van der Waals surface area contributed by atoms with Crippen LogP contribution in [0.15, 0.2) is 47.4 Å². The van der Waals surface area contributed by atoms with Crippen LogP contribution in [0.25, 0.3) is 0 Å². The van der Waals surface area contributed by atoms with Crippen LogP contribution in [0.5, 0.6) is 0 Å². The maximum absolute atomic E-state index is 13.5. The molecule has 0 aromatic heterocycles. The Labute approximate surface area is 182 Å².